The summed E-state index contributed by atoms with van der Waals surface area (Å²) in [6.45, 7) is 30.0. The van der Waals surface area contributed by atoms with Crippen LogP contribution in [-0.2, 0) is 41.8 Å². The zero-order valence-corrected chi connectivity index (χ0v) is 52.8. The number of carboxylic acid groups (broad SMARTS) is 2. The number of hydrogen-bond acceptors (Lipinski definition) is 15. The van der Waals surface area contributed by atoms with Gasteiger partial charge in [0.2, 0.25) is 0 Å². The quantitative estimate of drug-likeness (QED) is 0.0520. The second kappa shape index (κ2) is 26.2. The fourth-order valence-corrected chi connectivity index (χ4v) is 42.6. The number of ether oxygens (including phenoxy) is 1. The minimum Gasteiger partial charge on any atom is -0.545 e. The van der Waals surface area contributed by atoms with Crippen molar-refractivity contribution in [1.82, 2.24) is 0 Å². The Balaban J connectivity index is 0. The molecule has 300 valence electrons. The Hall–Kier alpha value is 2.71. The van der Waals surface area contributed by atoms with Crippen LogP contribution in [0, 0.1) is 0 Å². The Morgan fingerprint density at radius 3 is 1.63 bits per heavy atom. The molecule has 1 rings (SSSR count). The van der Waals surface area contributed by atoms with Crippen LogP contribution in [0.25, 0.3) is 0 Å². The summed E-state index contributed by atoms with van der Waals surface area (Å²) in [6, 6.07) is 3.28. The molecule has 0 aliphatic heterocycles. The maximum absolute atomic E-state index is 12.9. The van der Waals surface area contributed by atoms with E-state index >= 15 is 0 Å². The van der Waals surface area contributed by atoms with Crippen molar-refractivity contribution < 1.29 is 169 Å². The van der Waals surface area contributed by atoms with Crippen molar-refractivity contribution in [3.63, 3.8) is 0 Å². The second-order valence-corrected chi connectivity index (χ2v) is 43.9. The summed E-state index contributed by atoms with van der Waals surface area (Å²) < 4.78 is 62.9. The number of aromatic carboxylic acids is 2. The first-order valence-electron chi connectivity index (χ1n) is 17.4. The predicted octanol–water partition coefficient (Wildman–Crippen LogP) is -4.34. The van der Waals surface area contributed by atoms with Gasteiger partial charge in [0.1, 0.15) is 9.76 Å². The van der Waals surface area contributed by atoms with Gasteiger partial charge in [0, 0.05) is 5.56 Å². The minimum absolute atomic E-state index is 0. The monoisotopic (exact) mass is 982 g/mol. The van der Waals surface area contributed by atoms with Crippen LogP contribution in [0.5, 0.6) is 0 Å². The van der Waals surface area contributed by atoms with E-state index in [9.17, 15) is 24.6 Å². The molecule has 54 heavy (non-hydrogen) atoms. The normalized spacial score (nSPS) is 16.1. The smallest absolute Gasteiger partial charge is 0.545 e. The predicted molar refractivity (Wildman–Crippen MR) is 218 cm³/mol. The molecule has 0 heterocycles. The topological polar surface area (TPSA) is 190 Å². The Bertz CT molecular complexity index is 1350. The zero-order valence-electron chi connectivity index (χ0n) is 35.5. The van der Waals surface area contributed by atoms with Gasteiger partial charge in [-0.05, 0) is 116 Å². The van der Waals surface area contributed by atoms with E-state index in [1.54, 1.807) is 0 Å². The van der Waals surface area contributed by atoms with E-state index in [1.807, 2.05) is 72.0 Å². The first-order chi connectivity index (χ1) is 23.6. The Morgan fingerprint density at radius 2 is 1.15 bits per heavy atom. The van der Waals surface area contributed by atoms with Crippen LogP contribution in [0.3, 0.4) is 0 Å². The fraction of sp³-hybridized carbons (Fsp3) is 0.667. The third-order valence-corrected chi connectivity index (χ3v) is 40.2. The van der Waals surface area contributed by atoms with E-state index in [0.717, 1.165) is 18.2 Å². The SMILES string of the molecule is C[SiH2]O[Si](C)(C)O[Si](C)(C)O[Si](C)(C)O[Si](C)(CCCOC(=O)c1cc(C(=O)[O-])ccc1C(=O)[O-])O[SiH](C)O[SiH](C)O[SiH](C)O[SiH](C)O[Si](C)(C)C.[K+].[K+]. The molecule has 0 saturated heterocycles. The van der Waals surface area contributed by atoms with Gasteiger partial charge in [-0.3, -0.25) is 0 Å². The van der Waals surface area contributed by atoms with Crippen molar-refractivity contribution in [2.75, 3.05) is 6.61 Å². The zero-order chi connectivity index (χ0) is 40.3. The third-order valence-electron chi connectivity index (χ3n) is 6.72. The summed E-state index contributed by atoms with van der Waals surface area (Å²) in [4.78, 5) is 35.8. The molecular formula is C27H60K2O15Si10. The number of carbonyl (C=O) groups is 3. The van der Waals surface area contributed by atoms with Gasteiger partial charge < -0.3 is 61.6 Å². The number of carboxylic acids is 2. The molecule has 0 spiro atoms. The molecule has 27 heteroatoms. The van der Waals surface area contributed by atoms with Crippen molar-refractivity contribution >= 4 is 107 Å². The van der Waals surface area contributed by atoms with Gasteiger partial charge in [-0.15, -0.1) is 0 Å². The van der Waals surface area contributed by atoms with Crippen molar-refractivity contribution in [1.29, 1.82) is 0 Å². The Morgan fingerprint density at radius 1 is 0.667 bits per heavy atom. The van der Waals surface area contributed by atoms with Crippen LogP contribution >= 0.6 is 0 Å². The molecule has 0 radical (unpaired) electrons. The maximum Gasteiger partial charge on any atom is 1.00 e. The molecule has 0 N–H and O–H groups in total. The van der Waals surface area contributed by atoms with Gasteiger partial charge in [-0.1, -0.05) is 18.7 Å². The number of esters is 1. The molecule has 0 bridgehead atoms. The average Bonchev–Trinajstić information content (AvgIpc) is 2.91. The van der Waals surface area contributed by atoms with Crippen LogP contribution < -0.4 is 113 Å². The van der Waals surface area contributed by atoms with Crippen LogP contribution in [0.1, 0.15) is 37.5 Å². The van der Waals surface area contributed by atoms with Gasteiger partial charge in [0.25, 0.3) is 37.1 Å². The van der Waals surface area contributed by atoms with Gasteiger partial charge >= 0.3 is 143 Å². The van der Waals surface area contributed by atoms with Gasteiger partial charge in [-0.25, -0.2) is 4.79 Å². The van der Waals surface area contributed by atoms with Crippen molar-refractivity contribution in [3.05, 3.63) is 34.9 Å². The van der Waals surface area contributed by atoms with E-state index < -0.39 is 118 Å². The van der Waals surface area contributed by atoms with Crippen LogP contribution in [-0.4, -0.2) is 114 Å². The maximum atomic E-state index is 12.9. The van der Waals surface area contributed by atoms with Gasteiger partial charge in [-0.2, -0.15) is 0 Å². The number of carbonyl (C=O) groups excluding carboxylic acids is 3. The van der Waals surface area contributed by atoms with Crippen LogP contribution in [0.2, 0.25) is 104 Å². The molecule has 1 aromatic rings. The van der Waals surface area contributed by atoms with E-state index in [2.05, 4.69) is 26.2 Å². The van der Waals surface area contributed by atoms with Gasteiger partial charge in [0.15, 0.2) is 8.32 Å². The van der Waals surface area contributed by atoms with Crippen molar-refractivity contribution in [3.8, 4) is 0 Å². The molecule has 0 saturated carbocycles. The standard InChI is InChI=1S/C27H62O15Si10.2K/c1-43-34-49(9,10)40-50(11,12)41-51(13,14)42-52(15,39-47(5)37-45(3)35-44(2)36-46(4)38-48(6,7)8)20-16-19-33-27(32)24-21-22(25(28)29)17-18-23(24)26(30)31;;/h17-18,21,44-47H,16,19-20,43H2,1-15H3,(H,28,29)(H,30,31);;/q;2*+1/p-2. The Labute approximate surface area is 422 Å². The molecular weight excluding hydrogens is 923 g/mol. The molecule has 0 aliphatic carbocycles. The first-order valence-corrected chi connectivity index (χ1v) is 42.1. The summed E-state index contributed by atoms with van der Waals surface area (Å²) in [6.07, 6.45) is 0.300. The molecule has 1 aromatic carbocycles. The van der Waals surface area contributed by atoms with Crippen LogP contribution in [0.4, 0.5) is 0 Å². The van der Waals surface area contributed by atoms with E-state index in [1.165, 1.54) is 0 Å². The molecule has 5 unspecified atom stereocenters. The van der Waals surface area contributed by atoms with E-state index in [4.69, 9.17) is 41.8 Å². The first kappa shape index (κ1) is 58.8. The largest absolute Gasteiger partial charge is 1.00 e. The minimum atomic E-state index is -3.10. The average molecular weight is 984 g/mol. The molecule has 0 fully saturated rings. The Kier molecular flexibility index (Phi) is 28.6. The molecule has 0 aromatic heterocycles. The molecule has 5 atom stereocenters. The summed E-state index contributed by atoms with van der Waals surface area (Å²) >= 11 is 0. The number of hydrogen-bond donors (Lipinski definition) is 0. The van der Waals surface area contributed by atoms with E-state index in [-0.39, 0.29) is 115 Å². The summed E-state index contributed by atoms with van der Waals surface area (Å²) in [5.41, 5.74) is -1.29. The second-order valence-electron chi connectivity index (χ2n) is 14.7. The molecule has 0 amide bonds. The summed E-state index contributed by atoms with van der Waals surface area (Å²) in [5.74, 6) is -4.21. The summed E-state index contributed by atoms with van der Waals surface area (Å²) in [7, 11) is -21.7. The fourth-order valence-electron chi connectivity index (χ4n) is 5.69. The van der Waals surface area contributed by atoms with Crippen molar-refractivity contribution in [2.45, 2.75) is 111 Å². The number of rotatable bonds is 25. The van der Waals surface area contributed by atoms with Crippen LogP contribution in [0.15, 0.2) is 18.2 Å². The number of benzene rings is 1. The van der Waals surface area contributed by atoms with Crippen molar-refractivity contribution in [2.24, 2.45) is 0 Å². The van der Waals surface area contributed by atoms with E-state index in [0.29, 0.717) is 12.5 Å². The molecule has 0 aliphatic rings. The summed E-state index contributed by atoms with van der Waals surface area (Å²) in [5, 5.41) is 22.9. The third kappa shape index (κ3) is 24.8. The van der Waals surface area contributed by atoms with Gasteiger partial charge in [0.05, 0.1) is 24.1 Å². The molecule has 15 nitrogen and oxygen atoms in total.